The lowest BCUT2D eigenvalue weighted by molar-refractivity contribution is -0.137. The van der Waals surface area contributed by atoms with E-state index in [1.807, 2.05) is 6.07 Å². The Balaban J connectivity index is 3.16. The summed E-state index contributed by atoms with van der Waals surface area (Å²) in [6, 6.07) is 5.65. The molecule has 0 aliphatic carbocycles. The summed E-state index contributed by atoms with van der Waals surface area (Å²) in [5.41, 5.74) is -0.814. The maximum absolute atomic E-state index is 12.4. The van der Waals surface area contributed by atoms with Crippen LogP contribution in [0.2, 0.25) is 0 Å². The van der Waals surface area contributed by atoms with Crippen LogP contribution in [0.1, 0.15) is 15.9 Å². The van der Waals surface area contributed by atoms with Gasteiger partial charge in [-0.25, -0.2) is 0 Å². The third kappa shape index (κ3) is 3.81. The summed E-state index contributed by atoms with van der Waals surface area (Å²) in [6.07, 6.45) is -0.994. The van der Waals surface area contributed by atoms with Crippen LogP contribution >= 0.6 is 23.5 Å². The molecule has 1 aromatic rings. The van der Waals surface area contributed by atoms with E-state index >= 15 is 0 Å². The molecule has 0 unspecified atom stereocenters. The molecule has 0 saturated heterocycles. The average molecular weight is 317 g/mol. The minimum atomic E-state index is -4.45. The number of carbonyl (C=O) groups is 1. The number of Topliss-reactive ketones (excluding diaryl/α,β-unsaturated/α-hetero) is 1. The number of hydrogen-bond donors (Lipinski definition) is 0. The van der Waals surface area contributed by atoms with Crippen molar-refractivity contribution in [1.29, 1.82) is 5.26 Å². The van der Waals surface area contributed by atoms with Gasteiger partial charge in [-0.2, -0.15) is 18.4 Å². The number of ketones is 1. The van der Waals surface area contributed by atoms with Crippen LogP contribution in [-0.4, -0.2) is 18.3 Å². The fraction of sp³-hybridized carbons (Fsp3) is 0.231. The van der Waals surface area contributed by atoms with Crippen LogP contribution in [0, 0.1) is 11.3 Å². The third-order valence-electron chi connectivity index (χ3n) is 2.39. The van der Waals surface area contributed by atoms with Crippen LogP contribution in [0.3, 0.4) is 0 Å². The summed E-state index contributed by atoms with van der Waals surface area (Å²) >= 11 is 2.50. The predicted octanol–water partition coefficient (Wildman–Crippen LogP) is 4.35. The highest BCUT2D eigenvalue weighted by Crippen LogP contribution is 2.31. The number of nitriles is 1. The number of rotatable bonds is 4. The Bertz CT molecular complexity index is 565. The van der Waals surface area contributed by atoms with E-state index in [0.717, 1.165) is 24.3 Å². The Morgan fingerprint density at radius 2 is 1.65 bits per heavy atom. The molecule has 0 aliphatic rings. The van der Waals surface area contributed by atoms with E-state index in [1.54, 1.807) is 12.5 Å². The molecule has 1 aromatic carbocycles. The zero-order chi connectivity index (χ0) is 15.3. The van der Waals surface area contributed by atoms with Crippen molar-refractivity contribution in [2.24, 2.45) is 0 Å². The van der Waals surface area contributed by atoms with Gasteiger partial charge < -0.3 is 0 Å². The van der Waals surface area contributed by atoms with Gasteiger partial charge in [0.25, 0.3) is 0 Å². The molecule has 1 rings (SSSR count). The molecule has 20 heavy (non-hydrogen) atoms. The number of carbonyl (C=O) groups excluding carboxylic acids is 1. The molecule has 0 saturated carbocycles. The van der Waals surface area contributed by atoms with Crippen LogP contribution in [0.4, 0.5) is 13.2 Å². The van der Waals surface area contributed by atoms with E-state index in [-0.39, 0.29) is 11.1 Å². The van der Waals surface area contributed by atoms with E-state index in [4.69, 9.17) is 5.26 Å². The van der Waals surface area contributed by atoms with Gasteiger partial charge in [0, 0.05) is 5.56 Å². The first kappa shape index (κ1) is 16.7. The molecule has 0 radical (unpaired) electrons. The maximum atomic E-state index is 12.4. The van der Waals surface area contributed by atoms with Crippen LogP contribution in [0.15, 0.2) is 34.1 Å². The molecule has 0 aromatic heterocycles. The normalized spacial score (nSPS) is 10.8. The molecular weight excluding hydrogens is 307 g/mol. The van der Waals surface area contributed by atoms with Gasteiger partial charge in [0.05, 0.1) is 9.80 Å². The smallest absolute Gasteiger partial charge is 0.288 e. The minimum Gasteiger partial charge on any atom is -0.288 e. The highest BCUT2D eigenvalue weighted by molar-refractivity contribution is 8.21. The summed E-state index contributed by atoms with van der Waals surface area (Å²) in [4.78, 5) is 12.1. The molecule has 0 heterocycles. The Morgan fingerprint density at radius 3 is 2.00 bits per heavy atom. The molecule has 0 atom stereocenters. The summed E-state index contributed by atoms with van der Waals surface area (Å²) in [7, 11) is 0. The zero-order valence-corrected chi connectivity index (χ0v) is 12.2. The van der Waals surface area contributed by atoms with Gasteiger partial charge in [-0.05, 0) is 24.6 Å². The van der Waals surface area contributed by atoms with E-state index in [2.05, 4.69) is 0 Å². The van der Waals surface area contributed by atoms with Crippen molar-refractivity contribution in [3.63, 3.8) is 0 Å². The van der Waals surface area contributed by atoms with Crippen LogP contribution < -0.4 is 0 Å². The largest absolute Gasteiger partial charge is 0.416 e. The summed E-state index contributed by atoms with van der Waals surface area (Å²) in [5, 5.41) is 9.04. The summed E-state index contributed by atoms with van der Waals surface area (Å²) in [5.74, 6) is -0.570. The number of alkyl halides is 3. The molecule has 2 nitrogen and oxygen atoms in total. The molecule has 0 N–H and O–H groups in total. The molecule has 0 spiro atoms. The van der Waals surface area contributed by atoms with Gasteiger partial charge in [0.1, 0.15) is 11.6 Å². The first-order valence-corrected chi connectivity index (χ1v) is 7.74. The van der Waals surface area contributed by atoms with Gasteiger partial charge in [-0.3, -0.25) is 4.79 Å². The fourth-order valence-electron chi connectivity index (χ4n) is 1.43. The highest BCUT2D eigenvalue weighted by Gasteiger charge is 2.30. The number of benzene rings is 1. The lowest BCUT2D eigenvalue weighted by atomic mass is 10.0. The average Bonchev–Trinajstić information content (AvgIpc) is 2.43. The van der Waals surface area contributed by atoms with Crippen molar-refractivity contribution in [3.8, 4) is 6.07 Å². The van der Waals surface area contributed by atoms with Crippen molar-refractivity contribution in [1.82, 2.24) is 0 Å². The van der Waals surface area contributed by atoms with Crippen molar-refractivity contribution in [2.75, 3.05) is 12.5 Å². The van der Waals surface area contributed by atoms with Crippen molar-refractivity contribution >= 4 is 29.3 Å². The lowest BCUT2D eigenvalue weighted by Crippen LogP contribution is -2.07. The molecule has 0 amide bonds. The number of halogens is 3. The standard InChI is InChI=1S/C13H10F3NOS2/c1-19-12(20-2)10(7-17)11(18)8-3-5-9(6-4-8)13(14,15)16/h3-6H,1-2H3. The Morgan fingerprint density at radius 1 is 1.15 bits per heavy atom. The second-order valence-electron chi connectivity index (χ2n) is 3.59. The summed E-state index contributed by atoms with van der Waals surface area (Å²) in [6.45, 7) is 0. The van der Waals surface area contributed by atoms with Gasteiger partial charge in [-0.15, -0.1) is 23.5 Å². The van der Waals surface area contributed by atoms with Crippen molar-refractivity contribution < 1.29 is 18.0 Å². The van der Waals surface area contributed by atoms with Gasteiger partial charge in [-0.1, -0.05) is 12.1 Å². The predicted molar refractivity (Wildman–Crippen MR) is 75.4 cm³/mol. The van der Waals surface area contributed by atoms with Crippen molar-refractivity contribution in [2.45, 2.75) is 6.18 Å². The molecule has 0 bridgehead atoms. The van der Waals surface area contributed by atoms with Crippen LogP contribution in [0.25, 0.3) is 0 Å². The highest BCUT2D eigenvalue weighted by atomic mass is 32.2. The van der Waals surface area contributed by atoms with E-state index in [9.17, 15) is 18.0 Å². The van der Waals surface area contributed by atoms with Gasteiger partial charge in [0.2, 0.25) is 5.78 Å². The van der Waals surface area contributed by atoms with E-state index in [1.165, 1.54) is 23.5 Å². The number of hydrogen-bond acceptors (Lipinski definition) is 4. The molecule has 7 heteroatoms. The lowest BCUT2D eigenvalue weighted by Gasteiger charge is -2.08. The second-order valence-corrected chi connectivity index (χ2v) is 5.48. The molecular formula is C13H10F3NOS2. The number of thioether (sulfide) groups is 2. The molecule has 0 fully saturated rings. The van der Waals surface area contributed by atoms with E-state index < -0.39 is 17.5 Å². The number of nitrogens with zero attached hydrogens (tertiary/aromatic N) is 1. The van der Waals surface area contributed by atoms with Crippen molar-refractivity contribution in [3.05, 3.63) is 45.2 Å². The minimum absolute atomic E-state index is 0.0511. The van der Waals surface area contributed by atoms with Gasteiger partial charge in [0.15, 0.2) is 0 Å². The SMILES string of the molecule is CSC(SC)=C(C#N)C(=O)c1ccc(C(F)(F)F)cc1. The maximum Gasteiger partial charge on any atom is 0.416 e. The monoisotopic (exact) mass is 317 g/mol. The fourth-order valence-corrected chi connectivity index (χ4v) is 2.78. The number of allylic oxidation sites excluding steroid dienone is 1. The van der Waals surface area contributed by atoms with Crippen LogP contribution in [0.5, 0.6) is 0 Å². The first-order chi connectivity index (χ1) is 9.35. The van der Waals surface area contributed by atoms with E-state index in [0.29, 0.717) is 4.24 Å². The summed E-state index contributed by atoms with van der Waals surface area (Å²) < 4.78 is 37.8. The molecule has 0 aliphatic heterocycles. The Labute approximate surface area is 123 Å². The topological polar surface area (TPSA) is 40.9 Å². The molecule has 106 valence electrons. The Hall–Kier alpha value is -1.39. The third-order valence-corrected chi connectivity index (χ3v) is 4.54. The second kappa shape index (κ2) is 6.86. The van der Waals surface area contributed by atoms with Crippen LogP contribution in [-0.2, 0) is 6.18 Å². The zero-order valence-electron chi connectivity index (χ0n) is 10.6. The van der Waals surface area contributed by atoms with Gasteiger partial charge >= 0.3 is 6.18 Å². The first-order valence-electron chi connectivity index (χ1n) is 5.29. The Kier molecular flexibility index (Phi) is 5.72. The quantitative estimate of drug-likeness (QED) is 0.470.